The highest BCUT2D eigenvalue weighted by Crippen LogP contribution is 2.18. The van der Waals surface area contributed by atoms with Crippen molar-refractivity contribution in [1.82, 2.24) is 5.32 Å². The first kappa shape index (κ1) is 8.61. The first-order chi connectivity index (χ1) is 5.86. The minimum absolute atomic E-state index is 0. The zero-order valence-corrected chi connectivity index (χ0v) is 7.27. The fourth-order valence-electron chi connectivity index (χ4n) is 1.04. The van der Waals surface area contributed by atoms with Gasteiger partial charge in [0.2, 0.25) is 5.91 Å². The van der Waals surface area contributed by atoms with Crippen molar-refractivity contribution in [3.05, 3.63) is 34.9 Å². The number of fused-ring (bicyclic) bond motifs is 1. The second-order valence-corrected chi connectivity index (χ2v) is 2.23. The van der Waals surface area contributed by atoms with Gasteiger partial charge in [-0.05, 0) is 23.5 Å². The Bertz CT molecular complexity index is 329. The molecule has 0 aromatic rings. The monoisotopic (exact) mass is 163 g/mol. The van der Waals surface area contributed by atoms with Crippen molar-refractivity contribution >= 4 is 5.91 Å². The van der Waals surface area contributed by atoms with E-state index in [0.29, 0.717) is 6.42 Å². The molecule has 0 bridgehead atoms. The van der Waals surface area contributed by atoms with E-state index in [-0.39, 0.29) is 7.33 Å². The SMILES string of the molecule is CC.O=C1CC2=CC=C=C=C2N1.[HH]. The highest BCUT2D eigenvalue weighted by atomic mass is 16.1. The summed E-state index contributed by atoms with van der Waals surface area (Å²) in [6.07, 6.45) is 4.13. The van der Waals surface area contributed by atoms with Crippen molar-refractivity contribution in [2.75, 3.05) is 0 Å². The fraction of sp³-hybridized carbons (Fsp3) is 0.300. The van der Waals surface area contributed by atoms with Gasteiger partial charge in [-0.3, -0.25) is 4.79 Å². The smallest absolute Gasteiger partial charge is 0.229 e. The van der Waals surface area contributed by atoms with Crippen molar-refractivity contribution in [3.8, 4) is 0 Å². The number of hydrogen-bond donors (Lipinski definition) is 1. The van der Waals surface area contributed by atoms with Gasteiger partial charge in [-0.25, -0.2) is 0 Å². The first-order valence-electron chi connectivity index (χ1n) is 4.07. The molecule has 1 aliphatic heterocycles. The number of amides is 1. The number of nitrogens with one attached hydrogen (secondary N) is 1. The topological polar surface area (TPSA) is 29.1 Å². The standard InChI is InChI=1S/C8H5NO.C2H6.H2/c10-8-5-6-3-1-2-4-7(6)9-8;1-2;/h1,3H,5H2,(H,9,10);1-2H3;1H. The molecule has 1 aliphatic carbocycles. The van der Waals surface area contributed by atoms with E-state index in [1.54, 1.807) is 6.08 Å². The van der Waals surface area contributed by atoms with Gasteiger partial charge in [0.15, 0.2) is 0 Å². The van der Waals surface area contributed by atoms with Crippen LogP contribution in [0.4, 0.5) is 0 Å². The normalized spacial score (nSPS) is 17.0. The van der Waals surface area contributed by atoms with E-state index in [9.17, 15) is 4.79 Å². The van der Waals surface area contributed by atoms with E-state index < -0.39 is 0 Å². The molecule has 0 aromatic heterocycles. The van der Waals surface area contributed by atoms with Gasteiger partial charge in [0.25, 0.3) is 0 Å². The second kappa shape index (κ2) is 3.77. The van der Waals surface area contributed by atoms with Gasteiger partial charge in [-0.2, -0.15) is 0 Å². The predicted octanol–water partition coefficient (Wildman–Crippen LogP) is 1.91. The van der Waals surface area contributed by atoms with Crippen LogP contribution in [0.2, 0.25) is 0 Å². The molecule has 1 N–H and O–H groups in total. The summed E-state index contributed by atoms with van der Waals surface area (Å²) < 4.78 is 0. The number of hydrogen-bond acceptors (Lipinski definition) is 1. The molecule has 0 aromatic carbocycles. The summed E-state index contributed by atoms with van der Waals surface area (Å²) in [5.74, 6) is 0.0471. The lowest BCUT2D eigenvalue weighted by atomic mass is 10.1. The van der Waals surface area contributed by atoms with Crippen LogP contribution in [0.1, 0.15) is 21.7 Å². The Morgan fingerprint density at radius 3 is 3.00 bits per heavy atom. The molecule has 0 radical (unpaired) electrons. The maximum absolute atomic E-state index is 10.8. The van der Waals surface area contributed by atoms with Crippen LogP contribution in [0.25, 0.3) is 0 Å². The van der Waals surface area contributed by atoms with E-state index in [4.69, 9.17) is 0 Å². The van der Waals surface area contributed by atoms with Crippen LogP contribution in [0.15, 0.2) is 34.9 Å². The summed E-state index contributed by atoms with van der Waals surface area (Å²) >= 11 is 0. The molecule has 1 amide bonds. The molecular formula is C10H13NO. The summed E-state index contributed by atoms with van der Waals surface area (Å²) in [6.45, 7) is 4.00. The average Bonchev–Trinajstić information content (AvgIpc) is 2.48. The van der Waals surface area contributed by atoms with Crippen molar-refractivity contribution < 1.29 is 6.22 Å². The van der Waals surface area contributed by atoms with Crippen LogP contribution in [-0.2, 0) is 4.79 Å². The lowest BCUT2D eigenvalue weighted by Gasteiger charge is -1.93. The zero-order valence-electron chi connectivity index (χ0n) is 7.27. The van der Waals surface area contributed by atoms with Gasteiger partial charge in [-0.15, -0.1) is 0 Å². The maximum atomic E-state index is 10.8. The van der Waals surface area contributed by atoms with E-state index in [1.165, 1.54) is 0 Å². The van der Waals surface area contributed by atoms with Gasteiger partial charge < -0.3 is 5.32 Å². The molecule has 2 heteroatoms. The summed E-state index contributed by atoms with van der Waals surface area (Å²) in [4.78, 5) is 10.8. The van der Waals surface area contributed by atoms with Crippen LogP contribution in [0, 0.1) is 0 Å². The Labute approximate surface area is 73.5 Å². The Morgan fingerprint density at radius 2 is 2.33 bits per heavy atom. The van der Waals surface area contributed by atoms with Crippen molar-refractivity contribution in [1.29, 1.82) is 0 Å². The highest BCUT2D eigenvalue weighted by molar-refractivity contribution is 5.87. The lowest BCUT2D eigenvalue weighted by molar-refractivity contribution is -0.118. The molecule has 2 nitrogen and oxygen atoms in total. The maximum Gasteiger partial charge on any atom is 0.229 e. The van der Waals surface area contributed by atoms with E-state index in [1.807, 2.05) is 19.9 Å². The average molecular weight is 163 g/mol. The molecule has 64 valence electrons. The van der Waals surface area contributed by atoms with Crippen molar-refractivity contribution in [2.45, 2.75) is 20.3 Å². The number of rotatable bonds is 0. The Balaban J connectivity index is 0.000000451. The molecule has 0 spiro atoms. The summed E-state index contributed by atoms with van der Waals surface area (Å²) in [6, 6.07) is 0. The van der Waals surface area contributed by atoms with E-state index in [2.05, 4.69) is 16.8 Å². The largest absolute Gasteiger partial charge is 0.319 e. The predicted molar refractivity (Wildman–Crippen MR) is 49.4 cm³/mol. The third-order valence-corrected chi connectivity index (χ3v) is 1.50. The molecule has 0 atom stereocenters. The molecule has 1 saturated heterocycles. The highest BCUT2D eigenvalue weighted by Gasteiger charge is 2.19. The van der Waals surface area contributed by atoms with Gasteiger partial charge in [0.1, 0.15) is 0 Å². The molecular weight excluding hydrogens is 150 g/mol. The minimum Gasteiger partial charge on any atom is -0.319 e. The summed E-state index contributed by atoms with van der Waals surface area (Å²) in [5.41, 5.74) is 7.40. The molecule has 0 unspecified atom stereocenters. The van der Waals surface area contributed by atoms with Crippen LogP contribution in [0.5, 0.6) is 0 Å². The van der Waals surface area contributed by atoms with Crippen LogP contribution < -0.4 is 5.32 Å². The van der Waals surface area contributed by atoms with Gasteiger partial charge in [-0.1, -0.05) is 19.6 Å². The molecule has 2 aliphatic rings. The molecule has 0 saturated carbocycles. The minimum atomic E-state index is 0. The molecule has 2 rings (SSSR count). The van der Waals surface area contributed by atoms with E-state index >= 15 is 0 Å². The van der Waals surface area contributed by atoms with Crippen molar-refractivity contribution in [2.24, 2.45) is 0 Å². The lowest BCUT2D eigenvalue weighted by Crippen LogP contribution is -2.11. The number of carbonyl (C=O) groups excluding carboxylic acids is 1. The third kappa shape index (κ3) is 1.57. The Hall–Kier alpha value is -1.49. The van der Waals surface area contributed by atoms with Gasteiger partial charge in [0.05, 0.1) is 12.1 Å². The van der Waals surface area contributed by atoms with Gasteiger partial charge >= 0.3 is 0 Å². The molecule has 1 heterocycles. The third-order valence-electron chi connectivity index (χ3n) is 1.50. The fourth-order valence-corrected chi connectivity index (χ4v) is 1.04. The number of allylic oxidation sites excluding steroid dienone is 3. The first-order valence-corrected chi connectivity index (χ1v) is 4.07. The zero-order chi connectivity index (χ0) is 8.97. The molecule has 1 fully saturated rings. The Morgan fingerprint density at radius 1 is 1.58 bits per heavy atom. The second-order valence-electron chi connectivity index (χ2n) is 2.23. The summed E-state index contributed by atoms with van der Waals surface area (Å²) in [7, 11) is 0. The quantitative estimate of drug-likeness (QED) is 0.543. The van der Waals surface area contributed by atoms with Crippen LogP contribution in [-0.4, -0.2) is 5.91 Å². The Kier molecular flexibility index (Phi) is 2.71. The van der Waals surface area contributed by atoms with Crippen molar-refractivity contribution in [3.63, 3.8) is 0 Å². The van der Waals surface area contributed by atoms with Gasteiger partial charge in [0, 0.05) is 1.43 Å². The number of carbonyl (C=O) groups is 1. The summed E-state index contributed by atoms with van der Waals surface area (Å²) in [5, 5.41) is 2.67. The molecule has 12 heavy (non-hydrogen) atoms. The van der Waals surface area contributed by atoms with E-state index in [0.717, 1.165) is 11.3 Å². The van der Waals surface area contributed by atoms with Crippen LogP contribution >= 0.6 is 0 Å². The van der Waals surface area contributed by atoms with Crippen LogP contribution in [0.3, 0.4) is 0 Å².